The van der Waals surface area contributed by atoms with E-state index in [0.29, 0.717) is 12.1 Å². The number of hydrogen-bond acceptors (Lipinski definition) is 4. The zero-order valence-electron chi connectivity index (χ0n) is 9.11. The van der Waals surface area contributed by atoms with Crippen molar-refractivity contribution in [2.75, 3.05) is 0 Å². The van der Waals surface area contributed by atoms with Gasteiger partial charge in [-0.05, 0) is 30.3 Å². The first-order valence-electron chi connectivity index (χ1n) is 5.29. The number of phenolic OH excluding ortho intramolecular Hbond substituents is 1. The predicted molar refractivity (Wildman–Crippen MR) is 64.0 cm³/mol. The molecule has 1 aliphatic carbocycles. The molecule has 0 amide bonds. The number of phenols is 1. The molecule has 2 rings (SSSR count). The number of aliphatic hydroxyl groups excluding tert-OH is 1. The van der Waals surface area contributed by atoms with E-state index in [0.717, 1.165) is 0 Å². The van der Waals surface area contributed by atoms with Crippen LogP contribution >= 0.6 is 0 Å². The van der Waals surface area contributed by atoms with E-state index in [2.05, 4.69) is 22.1 Å². The first-order chi connectivity index (χ1) is 8.24. The third-order valence-corrected chi connectivity index (χ3v) is 2.22. The maximum Gasteiger partial charge on any atom is 0.150 e. The summed E-state index contributed by atoms with van der Waals surface area (Å²) in [4.78, 5) is 0. The highest BCUT2D eigenvalue weighted by atomic mass is 16.3. The van der Waals surface area contributed by atoms with E-state index in [1.165, 1.54) is 0 Å². The van der Waals surface area contributed by atoms with Crippen LogP contribution in [-0.4, -0.2) is 22.4 Å². The quantitative estimate of drug-likeness (QED) is 0.463. The van der Waals surface area contributed by atoms with Gasteiger partial charge in [0.25, 0.3) is 0 Å². The van der Waals surface area contributed by atoms with Gasteiger partial charge in [0.05, 0.1) is 11.8 Å². The molecule has 2 atom stereocenters. The molecule has 1 aromatic carbocycles. The predicted octanol–water partition coefficient (Wildman–Crippen LogP) is 2.17. The molecule has 0 heterocycles. The van der Waals surface area contributed by atoms with Crippen molar-refractivity contribution in [1.82, 2.24) is 0 Å². The van der Waals surface area contributed by atoms with E-state index in [1.807, 2.05) is 0 Å². The molecule has 1 aliphatic rings. The second-order valence-electron chi connectivity index (χ2n) is 3.65. The largest absolute Gasteiger partial charge is 0.508 e. The molecule has 0 saturated heterocycles. The second-order valence-corrected chi connectivity index (χ2v) is 3.65. The third-order valence-electron chi connectivity index (χ3n) is 2.22. The van der Waals surface area contributed by atoms with Gasteiger partial charge in [-0.2, -0.15) is 10.2 Å². The number of nitrogens with zero attached hydrogens (tertiary/aromatic N) is 2. The summed E-state index contributed by atoms with van der Waals surface area (Å²) in [6, 6.07) is 6.11. The molecule has 0 radical (unpaired) electrons. The van der Waals surface area contributed by atoms with Gasteiger partial charge in [-0.3, -0.25) is 0 Å². The maximum absolute atomic E-state index is 9.33. The molecule has 86 valence electrons. The third kappa shape index (κ3) is 3.44. The van der Waals surface area contributed by atoms with Gasteiger partial charge in [0, 0.05) is 6.42 Å². The SMILES string of the molecule is Oc1ccc(N=NC2C#CCC(O)C=C2)cc1. The maximum atomic E-state index is 9.33. The van der Waals surface area contributed by atoms with Crippen LogP contribution < -0.4 is 0 Å². The zero-order chi connectivity index (χ0) is 12.1. The average molecular weight is 228 g/mol. The Morgan fingerprint density at radius 1 is 1.18 bits per heavy atom. The van der Waals surface area contributed by atoms with Crippen molar-refractivity contribution in [3.63, 3.8) is 0 Å². The topological polar surface area (TPSA) is 65.2 Å². The average Bonchev–Trinajstić information content (AvgIpc) is 2.54. The van der Waals surface area contributed by atoms with Gasteiger partial charge in [-0.15, -0.1) is 0 Å². The summed E-state index contributed by atoms with van der Waals surface area (Å²) in [7, 11) is 0. The van der Waals surface area contributed by atoms with Gasteiger partial charge in [-0.25, -0.2) is 0 Å². The number of azo groups is 1. The first-order valence-corrected chi connectivity index (χ1v) is 5.29. The molecule has 2 unspecified atom stereocenters. The van der Waals surface area contributed by atoms with Crippen molar-refractivity contribution >= 4 is 5.69 Å². The molecule has 0 spiro atoms. The lowest BCUT2D eigenvalue weighted by Gasteiger charge is -1.97. The number of rotatable bonds is 2. The summed E-state index contributed by atoms with van der Waals surface area (Å²) < 4.78 is 0. The minimum atomic E-state index is -0.517. The molecule has 2 N–H and O–H groups in total. The zero-order valence-corrected chi connectivity index (χ0v) is 9.11. The normalized spacial score (nSPS) is 23.1. The lowest BCUT2D eigenvalue weighted by atomic mass is 10.2. The van der Waals surface area contributed by atoms with Gasteiger partial charge in [0.2, 0.25) is 0 Å². The summed E-state index contributed by atoms with van der Waals surface area (Å²) in [5, 5.41) is 26.5. The Kier molecular flexibility index (Phi) is 3.53. The van der Waals surface area contributed by atoms with Crippen molar-refractivity contribution < 1.29 is 10.2 Å². The van der Waals surface area contributed by atoms with Gasteiger partial charge in [0.1, 0.15) is 11.8 Å². The monoisotopic (exact) mass is 228 g/mol. The molecule has 0 aliphatic heterocycles. The van der Waals surface area contributed by atoms with Crippen LogP contribution in [0.5, 0.6) is 5.75 Å². The Hall–Kier alpha value is -2.12. The molecule has 4 heteroatoms. The number of hydrogen-bond donors (Lipinski definition) is 2. The molecule has 1 aromatic rings. The fourth-order valence-electron chi connectivity index (χ4n) is 1.33. The fourth-order valence-corrected chi connectivity index (χ4v) is 1.33. The van der Waals surface area contributed by atoms with Crippen molar-refractivity contribution in [2.24, 2.45) is 10.2 Å². The summed E-state index contributed by atoms with van der Waals surface area (Å²) in [6.45, 7) is 0. The number of aliphatic hydroxyl groups is 1. The van der Waals surface area contributed by atoms with E-state index in [-0.39, 0.29) is 11.8 Å². The number of aromatic hydroxyl groups is 1. The van der Waals surface area contributed by atoms with Gasteiger partial charge < -0.3 is 10.2 Å². The van der Waals surface area contributed by atoms with Gasteiger partial charge in [0.15, 0.2) is 0 Å². The van der Waals surface area contributed by atoms with Crippen LogP contribution in [0.25, 0.3) is 0 Å². The molecular weight excluding hydrogens is 216 g/mol. The highest BCUT2D eigenvalue weighted by Crippen LogP contribution is 2.17. The Morgan fingerprint density at radius 2 is 1.94 bits per heavy atom. The Bertz CT molecular complexity index is 494. The standard InChI is InChI=1S/C13H12N2O2/c16-12-3-1-2-10(4-7-12)14-15-11-5-8-13(17)9-6-11/h4-10,12,16-17H,3H2. The fraction of sp³-hybridized carbons (Fsp3) is 0.231. The molecule has 0 bridgehead atoms. The van der Waals surface area contributed by atoms with Gasteiger partial charge in [-0.1, -0.05) is 17.9 Å². The van der Waals surface area contributed by atoms with Crippen LogP contribution in [0.15, 0.2) is 46.6 Å². The van der Waals surface area contributed by atoms with Gasteiger partial charge >= 0.3 is 0 Å². The molecule has 0 saturated carbocycles. The lowest BCUT2D eigenvalue weighted by molar-refractivity contribution is 0.229. The van der Waals surface area contributed by atoms with Crippen LogP contribution in [0.3, 0.4) is 0 Å². The summed E-state index contributed by atoms with van der Waals surface area (Å²) >= 11 is 0. The van der Waals surface area contributed by atoms with Crippen LogP contribution in [0.4, 0.5) is 5.69 Å². The second kappa shape index (κ2) is 5.28. The Labute approximate surface area is 99.3 Å². The highest BCUT2D eigenvalue weighted by molar-refractivity contribution is 5.40. The summed E-state index contributed by atoms with van der Waals surface area (Å²) in [5.74, 6) is 5.92. The van der Waals surface area contributed by atoms with Crippen LogP contribution in [0, 0.1) is 11.8 Å². The summed E-state index contributed by atoms with van der Waals surface area (Å²) in [5.41, 5.74) is 0.655. The van der Waals surface area contributed by atoms with Crippen LogP contribution in [0.1, 0.15) is 6.42 Å². The molecule has 0 fully saturated rings. The van der Waals surface area contributed by atoms with Crippen molar-refractivity contribution in [3.8, 4) is 17.6 Å². The van der Waals surface area contributed by atoms with E-state index in [9.17, 15) is 5.11 Å². The minimum absolute atomic E-state index is 0.196. The Morgan fingerprint density at radius 3 is 2.71 bits per heavy atom. The molecule has 0 aromatic heterocycles. The number of benzene rings is 1. The van der Waals surface area contributed by atoms with E-state index < -0.39 is 6.10 Å². The van der Waals surface area contributed by atoms with Crippen LogP contribution in [-0.2, 0) is 0 Å². The molecular formula is C13H12N2O2. The van der Waals surface area contributed by atoms with E-state index in [4.69, 9.17) is 5.11 Å². The van der Waals surface area contributed by atoms with E-state index in [1.54, 1.807) is 36.4 Å². The van der Waals surface area contributed by atoms with Crippen molar-refractivity contribution in [1.29, 1.82) is 0 Å². The molecule has 4 nitrogen and oxygen atoms in total. The lowest BCUT2D eigenvalue weighted by Crippen LogP contribution is -1.98. The highest BCUT2D eigenvalue weighted by Gasteiger charge is 2.04. The first kappa shape index (κ1) is 11.4. The van der Waals surface area contributed by atoms with E-state index >= 15 is 0 Å². The minimum Gasteiger partial charge on any atom is -0.508 e. The van der Waals surface area contributed by atoms with Crippen LogP contribution in [0.2, 0.25) is 0 Å². The molecule has 17 heavy (non-hydrogen) atoms. The smallest absolute Gasteiger partial charge is 0.150 e. The van der Waals surface area contributed by atoms with Crippen molar-refractivity contribution in [2.45, 2.75) is 18.6 Å². The summed E-state index contributed by atoms with van der Waals surface area (Å²) in [6.07, 6.45) is 3.31. The van der Waals surface area contributed by atoms with Crippen molar-refractivity contribution in [3.05, 3.63) is 36.4 Å². The Balaban J connectivity index is 2.07.